The van der Waals surface area contributed by atoms with E-state index in [0.29, 0.717) is 12.2 Å². The number of carbonyl (C=O) groups excluding carboxylic acids is 1. The molecule has 102 valence electrons. The SMILES string of the molecule is CC(N)c1nc(C(=O)N(C)Cc2nccn2C)cs1. The molecule has 0 aliphatic rings. The van der Waals surface area contributed by atoms with Gasteiger partial charge < -0.3 is 15.2 Å². The van der Waals surface area contributed by atoms with Crippen LogP contribution in [0.3, 0.4) is 0 Å². The van der Waals surface area contributed by atoms with E-state index in [2.05, 4.69) is 9.97 Å². The van der Waals surface area contributed by atoms with E-state index in [0.717, 1.165) is 10.8 Å². The molecule has 1 atom stereocenters. The fourth-order valence-electron chi connectivity index (χ4n) is 1.62. The van der Waals surface area contributed by atoms with Gasteiger partial charge in [-0.3, -0.25) is 4.79 Å². The van der Waals surface area contributed by atoms with Crippen LogP contribution in [0.15, 0.2) is 17.8 Å². The molecular weight excluding hydrogens is 262 g/mol. The third-order valence-electron chi connectivity index (χ3n) is 2.78. The molecule has 2 aromatic rings. The molecule has 6 nitrogen and oxygen atoms in total. The molecule has 0 aromatic carbocycles. The van der Waals surface area contributed by atoms with E-state index >= 15 is 0 Å². The predicted molar refractivity (Wildman–Crippen MR) is 73.7 cm³/mol. The Hall–Kier alpha value is -1.73. The highest BCUT2D eigenvalue weighted by molar-refractivity contribution is 7.09. The van der Waals surface area contributed by atoms with Crippen molar-refractivity contribution in [3.05, 3.63) is 34.3 Å². The standard InChI is InChI=1S/C12H17N5OS/c1-8(13)11-15-9(7-19-11)12(18)17(3)6-10-14-4-5-16(10)2/h4-5,7-8H,6,13H2,1-3H3. The first-order chi connectivity index (χ1) is 8.99. The summed E-state index contributed by atoms with van der Waals surface area (Å²) in [6, 6.07) is -0.147. The van der Waals surface area contributed by atoms with Crippen LogP contribution in [0.4, 0.5) is 0 Å². The summed E-state index contributed by atoms with van der Waals surface area (Å²) >= 11 is 1.41. The molecule has 1 amide bonds. The van der Waals surface area contributed by atoms with Crippen LogP contribution < -0.4 is 5.73 Å². The van der Waals surface area contributed by atoms with Crippen molar-refractivity contribution in [3.8, 4) is 0 Å². The predicted octanol–water partition coefficient (Wildman–Crippen LogP) is 1.17. The van der Waals surface area contributed by atoms with Gasteiger partial charge in [0, 0.05) is 31.9 Å². The van der Waals surface area contributed by atoms with Gasteiger partial charge in [0.2, 0.25) is 0 Å². The minimum Gasteiger partial charge on any atom is -0.337 e. The molecule has 0 radical (unpaired) electrons. The van der Waals surface area contributed by atoms with Gasteiger partial charge in [-0.1, -0.05) is 0 Å². The number of nitrogens with two attached hydrogens (primary N) is 1. The number of imidazole rings is 1. The summed E-state index contributed by atoms with van der Waals surface area (Å²) in [5.41, 5.74) is 6.18. The molecule has 0 fully saturated rings. The van der Waals surface area contributed by atoms with Gasteiger partial charge in [0.15, 0.2) is 0 Å². The fraction of sp³-hybridized carbons (Fsp3) is 0.417. The Morgan fingerprint density at radius 2 is 2.37 bits per heavy atom. The lowest BCUT2D eigenvalue weighted by atomic mass is 10.3. The van der Waals surface area contributed by atoms with Crippen LogP contribution in [0, 0.1) is 0 Å². The Kier molecular flexibility index (Phi) is 3.96. The van der Waals surface area contributed by atoms with Crippen LogP contribution in [-0.4, -0.2) is 32.4 Å². The summed E-state index contributed by atoms with van der Waals surface area (Å²) in [7, 11) is 3.64. The Labute approximate surface area is 115 Å². The second kappa shape index (κ2) is 5.50. The van der Waals surface area contributed by atoms with Crippen molar-refractivity contribution in [1.29, 1.82) is 0 Å². The van der Waals surface area contributed by atoms with Gasteiger partial charge in [-0.2, -0.15) is 0 Å². The van der Waals surface area contributed by atoms with E-state index in [1.807, 2.05) is 24.7 Å². The molecule has 2 N–H and O–H groups in total. The second-order valence-electron chi connectivity index (χ2n) is 4.48. The van der Waals surface area contributed by atoms with Gasteiger partial charge >= 0.3 is 0 Å². The van der Waals surface area contributed by atoms with E-state index < -0.39 is 0 Å². The molecule has 1 unspecified atom stereocenters. The van der Waals surface area contributed by atoms with Crippen molar-refractivity contribution < 1.29 is 4.79 Å². The molecule has 0 aliphatic carbocycles. The first-order valence-corrected chi connectivity index (χ1v) is 6.79. The Morgan fingerprint density at radius 3 is 2.89 bits per heavy atom. The van der Waals surface area contributed by atoms with Gasteiger partial charge in [0.05, 0.1) is 12.6 Å². The van der Waals surface area contributed by atoms with Gasteiger partial charge in [-0.15, -0.1) is 11.3 Å². The molecule has 0 saturated carbocycles. The van der Waals surface area contributed by atoms with Crippen LogP contribution in [0.2, 0.25) is 0 Å². The first kappa shape index (κ1) is 13.7. The molecule has 2 aromatic heterocycles. The van der Waals surface area contributed by atoms with Crippen molar-refractivity contribution >= 4 is 17.2 Å². The topological polar surface area (TPSA) is 77.0 Å². The molecule has 0 spiro atoms. The lowest BCUT2D eigenvalue weighted by Crippen LogP contribution is -2.27. The number of amides is 1. The number of aromatic nitrogens is 3. The van der Waals surface area contributed by atoms with Crippen LogP contribution >= 0.6 is 11.3 Å². The third kappa shape index (κ3) is 2.99. The van der Waals surface area contributed by atoms with Crippen molar-refractivity contribution in [1.82, 2.24) is 19.4 Å². The van der Waals surface area contributed by atoms with Crippen molar-refractivity contribution in [2.75, 3.05) is 7.05 Å². The number of rotatable bonds is 4. The van der Waals surface area contributed by atoms with Gasteiger partial charge in [0.25, 0.3) is 5.91 Å². The maximum atomic E-state index is 12.2. The number of hydrogen-bond acceptors (Lipinski definition) is 5. The molecule has 0 aliphatic heterocycles. The quantitative estimate of drug-likeness (QED) is 0.911. The molecule has 7 heteroatoms. The van der Waals surface area contributed by atoms with E-state index in [9.17, 15) is 4.79 Å². The van der Waals surface area contributed by atoms with Gasteiger partial charge in [0.1, 0.15) is 16.5 Å². The Balaban J connectivity index is 2.08. The zero-order valence-electron chi connectivity index (χ0n) is 11.2. The third-order valence-corrected chi connectivity index (χ3v) is 3.82. The van der Waals surface area contributed by atoms with Crippen LogP contribution in [-0.2, 0) is 13.6 Å². The summed E-state index contributed by atoms with van der Waals surface area (Å²) in [4.78, 5) is 22.3. The zero-order chi connectivity index (χ0) is 14.0. The first-order valence-electron chi connectivity index (χ1n) is 5.91. The van der Waals surface area contributed by atoms with Crippen molar-refractivity contribution in [2.24, 2.45) is 12.8 Å². The zero-order valence-corrected chi connectivity index (χ0v) is 12.0. The summed E-state index contributed by atoms with van der Waals surface area (Å²) in [5.74, 6) is 0.713. The maximum Gasteiger partial charge on any atom is 0.273 e. The van der Waals surface area contributed by atoms with Gasteiger partial charge in [-0.25, -0.2) is 9.97 Å². The monoisotopic (exact) mass is 279 g/mol. The molecule has 2 rings (SSSR count). The van der Waals surface area contributed by atoms with Crippen LogP contribution in [0.5, 0.6) is 0 Å². The molecule has 2 heterocycles. The highest BCUT2D eigenvalue weighted by atomic mass is 32.1. The molecule has 19 heavy (non-hydrogen) atoms. The van der Waals surface area contributed by atoms with Crippen molar-refractivity contribution in [3.63, 3.8) is 0 Å². The smallest absolute Gasteiger partial charge is 0.273 e. The highest BCUT2D eigenvalue weighted by Crippen LogP contribution is 2.17. The van der Waals surface area contributed by atoms with E-state index in [-0.39, 0.29) is 11.9 Å². The number of hydrogen-bond donors (Lipinski definition) is 1. The fourth-order valence-corrected chi connectivity index (χ4v) is 2.37. The second-order valence-corrected chi connectivity index (χ2v) is 5.36. The lowest BCUT2D eigenvalue weighted by Gasteiger charge is -2.15. The normalized spacial score (nSPS) is 12.4. The summed E-state index contributed by atoms with van der Waals surface area (Å²) in [5, 5.41) is 2.52. The highest BCUT2D eigenvalue weighted by Gasteiger charge is 2.17. The van der Waals surface area contributed by atoms with Crippen LogP contribution in [0.1, 0.15) is 34.3 Å². The van der Waals surface area contributed by atoms with E-state index in [1.165, 1.54) is 11.3 Å². The molecule has 0 saturated heterocycles. The summed E-state index contributed by atoms with van der Waals surface area (Å²) in [6.45, 7) is 2.30. The molecular formula is C12H17N5OS. The minimum atomic E-state index is -0.147. The van der Waals surface area contributed by atoms with Gasteiger partial charge in [-0.05, 0) is 6.92 Å². The number of thiazole rings is 1. The Morgan fingerprint density at radius 1 is 1.63 bits per heavy atom. The summed E-state index contributed by atoms with van der Waals surface area (Å²) in [6.07, 6.45) is 3.56. The minimum absolute atomic E-state index is 0.119. The van der Waals surface area contributed by atoms with E-state index in [4.69, 9.17) is 5.73 Å². The maximum absolute atomic E-state index is 12.2. The number of nitrogens with zero attached hydrogens (tertiary/aromatic N) is 4. The van der Waals surface area contributed by atoms with E-state index in [1.54, 1.807) is 23.5 Å². The number of aryl methyl sites for hydroxylation is 1. The average Bonchev–Trinajstić information content (AvgIpc) is 2.98. The van der Waals surface area contributed by atoms with Crippen molar-refractivity contribution in [2.45, 2.75) is 19.5 Å². The largest absolute Gasteiger partial charge is 0.337 e. The average molecular weight is 279 g/mol. The van der Waals surface area contributed by atoms with Crippen LogP contribution in [0.25, 0.3) is 0 Å². The lowest BCUT2D eigenvalue weighted by molar-refractivity contribution is 0.0775. The number of carbonyl (C=O) groups is 1. The summed E-state index contributed by atoms with van der Waals surface area (Å²) < 4.78 is 1.89. The molecule has 0 bridgehead atoms. The Bertz CT molecular complexity index is 574.